The first-order valence-corrected chi connectivity index (χ1v) is 8.45. The molecule has 0 radical (unpaired) electrons. The minimum absolute atomic E-state index is 0.208. The summed E-state index contributed by atoms with van der Waals surface area (Å²) in [4.78, 5) is 18.1. The summed E-state index contributed by atoms with van der Waals surface area (Å²) in [6.45, 7) is 3.21. The molecule has 0 unspecified atom stereocenters. The molecule has 5 heteroatoms. The highest BCUT2D eigenvalue weighted by atomic mass is 16.1. The number of nitrogens with zero attached hydrogens (tertiary/aromatic N) is 3. The summed E-state index contributed by atoms with van der Waals surface area (Å²) < 4.78 is 1.89. The van der Waals surface area contributed by atoms with E-state index >= 15 is 0 Å². The fourth-order valence-electron chi connectivity index (χ4n) is 3.32. The third-order valence-electron chi connectivity index (χ3n) is 4.42. The van der Waals surface area contributed by atoms with E-state index < -0.39 is 0 Å². The summed E-state index contributed by atoms with van der Waals surface area (Å²) in [6.07, 6.45) is 10.2. The summed E-state index contributed by atoms with van der Waals surface area (Å²) in [7, 11) is 0. The third kappa shape index (κ3) is 4.32. The predicted molar refractivity (Wildman–Crippen MR) is 95.3 cm³/mol. The van der Waals surface area contributed by atoms with Gasteiger partial charge in [-0.3, -0.25) is 9.69 Å². The summed E-state index contributed by atoms with van der Waals surface area (Å²) >= 11 is 0. The SMILES string of the molecule is NC(=O)Cn1ccnc1[C@@H]1CCCN(C/C=C/c2ccccc2)C1. The normalized spacial score (nSPS) is 18.9. The molecule has 1 saturated heterocycles. The molecule has 1 aromatic heterocycles. The summed E-state index contributed by atoms with van der Waals surface area (Å²) in [5.41, 5.74) is 6.55. The van der Waals surface area contributed by atoms with E-state index in [1.807, 2.05) is 16.8 Å². The van der Waals surface area contributed by atoms with Crippen molar-refractivity contribution in [3.05, 3.63) is 60.2 Å². The number of piperidine rings is 1. The van der Waals surface area contributed by atoms with Crippen LogP contribution in [0, 0.1) is 0 Å². The average molecular weight is 324 g/mol. The van der Waals surface area contributed by atoms with Crippen molar-refractivity contribution in [1.82, 2.24) is 14.5 Å². The standard InChI is InChI=1S/C19H24N4O/c20-18(24)15-23-13-10-21-19(23)17-9-5-12-22(14-17)11-4-8-16-6-2-1-3-7-16/h1-4,6-8,10,13,17H,5,9,11-12,14-15H2,(H2,20,24)/b8-4+/t17-/m1/s1. The molecule has 0 spiro atoms. The van der Waals surface area contributed by atoms with Gasteiger partial charge in [0.25, 0.3) is 0 Å². The number of hydrogen-bond acceptors (Lipinski definition) is 3. The van der Waals surface area contributed by atoms with E-state index in [0.717, 1.165) is 38.3 Å². The molecule has 3 rings (SSSR count). The van der Waals surface area contributed by atoms with E-state index in [-0.39, 0.29) is 12.5 Å². The van der Waals surface area contributed by atoms with Gasteiger partial charge in [0, 0.05) is 31.4 Å². The number of imidazole rings is 1. The van der Waals surface area contributed by atoms with Crippen molar-refractivity contribution in [2.75, 3.05) is 19.6 Å². The highest BCUT2D eigenvalue weighted by Gasteiger charge is 2.24. The molecule has 1 aliphatic heterocycles. The lowest BCUT2D eigenvalue weighted by atomic mass is 9.97. The molecule has 2 N–H and O–H groups in total. The van der Waals surface area contributed by atoms with Crippen molar-refractivity contribution in [3.8, 4) is 0 Å². The van der Waals surface area contributed by atoms with Gasteiger partial charge in [0.05, 0.1) is 0 Å². The van der Waals surface area contributed by atoms with Crippen molar-refractivity contribution in [2.45, 2.75) is 25.3 Å². The van der Waals surface area contributed by atoms with Crippen LogP contribution in [0.3, 0.4) is 0 Å². The topological polar surface area (TPSA) is 64.2 Å². The highest BCUT2D eigenvalue weighted by Crippen LogP contribution is 2.25. The molecule has 2 aromatic rings. The molecule has 24 heavy (non-hydrogen) atoms. The maximum atomic E-state index is 11.2. The summed E-state index contributed by atoms with van der Waals surface area (Å²) in [5.74, 6) is 1.01. The summed E-state index contributed by atoms with van der Waals surface area (Å²) in [6, 6.07) is 10.3. The van der Waals surface area contributed by atoms with Gasteiger partial charge in [0.1, 0.15) is 12.4 Å². The van der Waals surface area contributed by atoms with Crippen LogP contribution in [0.1, 0.15) is 30.1 Å². The van der Waals surface area contributed by atoms with E-state index in [2.05, 4.69) is 46.3 Å². The Balaban J connectivity index is 1.59. The van der Waals surface area contributed by atoms with Crippen molar-refractivity contribution in [3.63, 3.8) is 0 Å². The molecule has 1 amide bonds. The van der Waals surface area contributed by atoms with E-state index in [1.54, 1.807) is 6.20 Å². The van der Waals surface area contributed by atoms with Gasteiger partial charge in [-0.05, 0) is 24.9 Å². The number of carbonyl (C=O) groups excluding carboxylic acids is 1. The Kier molecular flexibility index (Phi) is 5.43. The van der Waals surface area contributed by atoms with Crippen molar-refractivity contribution in [1.29, 1.82) is 0 Å². The molecule has 1 aromatic carbocycles. The number of nitrogens with two attached hydrogens (primary N) is 1. The largest absolute Gasteiger partial charge is 0.368 e. The van der Waals surface area contributed by atoms with Crippen molar-refractivity contribution >= 4 is 12.0 Å². The molecule has 0 bridgehead atoms. The van der Waals surface area contributed by atoms with Gasteiger partial charge >= 0.3 is 0 Å². The van der Waals surface area contributed by atoms with Gasteiger partial charge in [-0.25, -0.2) is 4.98 Å². The molecule has 1 fully saturated rings. The molecular weight excluding hydrogens is 300 g/mol. The van der Waals surface area contributed by atoms with Crippen LogP contribution in [0.15, 0.2) is 48.8 Å². The maximum Gasteiger partial charge on any atom is 0.237 e. The molecule has 0 saturated carbocycles. The predicted octanol–water partition coefficient (Wildman–Crippen LogP) is 2.26. The lowest BCUT2D eigenvalue weighted by Gasteiger charge is -2.31. The molecular formula is C19H24N4O. The number of rotatable bonds is 6. The molecule has 1 atom stereocenters. The third-order valence-corrected chi connectivity index (χ3v) is 4.42. The van der Waals surface area contributed by atoms with Crippen molar-refractivity contribution in [2.24, 2.45) is 5.73 Å². The van der Waals surface area contributed by atoms with Gasteiger partial charge in [-0.2, -0.15) is 0 Å². The second-order valence-electron chi connectivity index (χ2n) is 6.29. The Labute approximate surface area is 142 Å². The number of aromatic nitrogens is 2. The van der Waals surface area contributed by atoms with E-state index in [4.69, 9.17) is 5.73 Å². The van der Waals surface area contributed by atoms with Gasteiger partial charge in [-0.1, -0.05) is 42.5 Å². The lowest BCUT2D eigenvalue weighted by Crippen LogP contribution is -2.35. The Morgan fingerprint density at radius 3 is 2.96 bits per heavy atom. The van der Waals surface area contributed by atoms with Crippen LogP contribution < -0.4 is 5.73 Å². The minimum Gasteiger partial charge on any atom is -0.368 e. The second-order valence-corrected chi connectivity index (χ2v) is 6.29. The lowest BCUT2D eigenvalue weighted by molar-refractivity contribution is -0.118. The van der Waals surface area contributed by atoms with E-state index in [9.17, 15) is 4.79 Å². The monoisotopic (exact) mass is 324 g/mol. The molecule has 1 aliphatic rings. The molecule has 5 nitrogen and oxygen atoms in total. The second kappa shape index (κ2) is 7.93. The van der Waals surface area contributed by atoms with Crippen LogP contribution in [0.5, 0.6) is 0 Å². The number of benzene rings is 1. The van der Waals surface area contributed by atoms with Crippen LogP contribution in [-0.2, 0) is 11.3 Å². The van der Waals surface area contributed by atoms with Crippen LogP contribution in [0.4, 0.5) is 0 Å². The number of carbonyl (C=O) groups is 1. The van der Waals surface area contributed by atoms with Gasteiger partial charge < -0.3 is 10.3 Å². The number of amides is 1. The fourth-order valence-corrected chi connectivity index (χ4v) is 3.32. The summed E-state index contributed by atoms with van der Waals surface area (Å²) in [5, 5.41) is 0. The number of hydrogen-bond donors (Lipinski definition) is 1. The minimum atomic E-state index is -0.326. The van der Waals surface area contributed by atoms with Crippen LogP contribution in [-0.4, -0.2) is 40.0 Å². The smallest absolute Gasteiger partial charge is 0.237 e. The quantitative estimate of drug-likeness (QED) is 0.886. The Morgan fingerprint density at radius 2 is 2.17 bits per heavy atom. The average Bonchev–Trinajstić information content (AvgIpc) is 3.03. The Morgan fingerprint density at radius 1 is 1.33 bits per heavy atom. The van der Waals surface area contributed by atoms with Crippen LogP contribution in [0.2, 0.25) is 0 Å². The van der Waals surface area contributed by atoms with E-state index in [0.29, 0.717) is 5.92 Å². The van der Waals surface area contributed by atoms with Crippen LogP contribution >= 0.6 is 0 Å². The number of likely N-dealkylation sites (tertiary alicyclic amines) is 1. The Bertz CT molecular complexity index is 692. The van der Waals surface area contributed by atoms with Crippen LogP contribution in [0.25, 0.3) is 6.08 Å². The molecule has 0 aliphatic carbocycles. The molecule has 126 valence electrons. The van der Waals surface area contributed by atoms with E-state index in [1.165, 1.54) is 5.56 Å². The highest BCUT2D eigenvalue weighted by molar-refractivity contribution is 5.73. The maximum absolute atomic E-state index is 11.2. The van der Waals surface area contributed by atoms with Gasteiger partial charge in [0.2, 0.25) is 5.91 Å². The first-order valence-electron chi connectivity index (χ1n) is 8.45. The zero-order chi connectivity index (χ0) is 16.8. The fraction of sp³-hybridized carbons (Fsp3) is 0.368. The Hall–Kier alpha value is -2.40. The zero-order valence-electron chi connectivity index (χ0n) is 13.8. The van der Waals surface area contributed by atoms with Crippen molar-refractivity contribution < 1.29 is 4.79 Å². The molecule has 2 heterocycles. The first-order chi connectivity index (χ1) is 11.7. The number of primary amides is 1. The van der Waals surface area contributed by atoms with Gasteiger partial charge in [-0.15, -0.1) is 0 Å². The first kappa shape index (κ1) is 16.5. The zero-order valence-corrected chi connectivity index (χ0v) is 13.8. The van der Waals surface area contributed by atoms with Gasteiger partial charge in [0.15, 0.2) is 0 Å².